The van der Waals surface area contributed by atoms with Crippen LogP contribution in [-0.4, -0.2) is 25.1 Å². The number of amides is 1. The standard InChI is InChI=1S/C23H27BrN2O3S/c1-22(2,3)30(28,29)26-19-10-9-17(24)11-18(19)21(27)25-20-14-23(12-15(20)13-23)16-7-5-4-6-8-16/h4-11,15,20,26H,12-14H2,1-3H3,(H,25,27)/t15?,20-,23?/m1/s1. The third kappa shape index (κ3) is 3.78. The summed E-state index contributed by atoms with van der Waals surface area (Å²) in [7, 11) is -3.64. The monoisotopic (exact) mass is 490 g/mol. The van der Waals surface area contributed by atoms with Gasteiger partial charge in [0.1, 0.15) is 0 Å². The Bertz CT molecular complexity index is 1070. The maximum atomic E-state index is 13.1. The van der Waals surface area contributed by atoms with Crippen molar-refractivity contribution in [2.24, 2.45) is 5.92 Å². The largest absolute Gasteiger partial charge is 0.349 e. The van der Waals surface area contributed by atoms with Crippen LogP contribution in [0.15, 0.2) is 53.0 Å². The molecule has 30 heavy (non-hydrogen) atoms. The van der Waals surface area contributed by atoms with Gasteiger partial charge in [0.25, 0.3) is 5.91 Å². The molecule has 1 amide bonds. The van der Waals surface area contributed by atoms with Crippen LogP contribution < -0.4 is 10.0 Å². The fourth-order valence-corrected chi connectivity index (χ4v) is 5.77. The van der Waals surface area contributed by atoms with Crippen molar-refractivity contribution in [2.75, 3.05) is 4.72 Å². The molecule has 5 rings (SSSR count). The van der Waals surface area contributed by atoms with Crippen molar-refractivity contribution in [3.8, 4) is 0 Å². The molecule has 5 nitrogen and oxygen atoms in total. The topological polar surface area (TPSA) is 75.3 Å². The SMILES string of the molecule is CC(C)(C)S(=O)(=O)Nc1ccc(Br)cc1C(=O)N[C@@H]1CC2(c3ccccc3)CC1C2. The summed E-state index contributed by atoms with van der Waals surface area (Å²) in [5, 5.41) is 3.18. The summed E-state index contributed by atoms with van der Waals surface area (Å²) in [6.07, 6.45) is 3.10. The quantitative estimate of drug-likeness (QED) is 0.629. The summed E-state index contributed by atoms with van der Waals surface area (Å²) in [6.45, 7) is 4.88. The smallest absolute Gasteiger partial charge is 0.253 e. The molecule has 3 aliphatic rings. The van der Waals surface area contributed by atoms with Gasteiger partial charge in [0.2, 0.25) is 10.0 Å². The number of carbonyl (C=O) groups is 1. The fraction of sp³-hybridized carbons (Fsp3) is 0.435. The minimum atomic E-state index is -3.64. The number of sulfonamides is 1. The van der Waals surface area contributed by atoms with Gasteiger partial charge in [0.15, 0.2) is 0 Å². The van der Waals surface area contributed by atoms with E-state index in [1.54, 1.807) is 39.0 Å². The lowest BCUT2D eigenvalue weighted by molar-refractivity contribution is 0.0928. The van der Waals surface area contributed by atoms with Crippen LogP contribution >= 0.6 is 15.9 Å². The van der Waals surface area contributed by atoms with E-state index in [1.165, 1.54) is 5.56 Å². The Balaban J connectivity index is 1.53. The molecule has 160 valence electrons. The highest BCUT2D eigenvalue weighted by Crippen LogP contribution is 2.59. The molecule has 0 heterocycles. The Morgan fingerprint density at radius 2 is 1.73 bits per heavy atom. The molecule has 0 unspecified atom stereocenters. The molecule has 0 radical (unpaired) electrons. The number of fused-ring (bicyclic) bond motifs is 1. The zero-order valence-electron chi connectivity index (χ0n) is 17.4. The normalized spacial score (nSPS) is 25.5. The van der Waals surface area contributed by atoms with Crippen LogP contribution in [-0.2, 0) is 15.4 Å². The molecular formula is C23H27BrN2O3S. The first-order valence-electron chi connectivity index (χ1n) is 10.2. The van der Waals surface area contributed by atoms with Crippen molar-refractivity contribution >= 4 is 37.5 Å². The number of hydrogen-bond acceptors (Lipinski definition) is 3. The van der Waals surface area contributed by atoms with Crippen molar-refractivity contribution in [1.82, 2.24) is 5.32 Å². The number of rotatable bonds is 5. The molecule has 2 aromatic carbocycles. The van der Waals surface area contributed by atoms with Gasteiger partial charge in [-0.25, -0.2) is 8.42 Å². The summed E-state index contributed by atoms with van der Waals surface area (Å²) in [4.78, 5) is 13.1. The van der Waals surface area contributed by atoms with Crippen molar-refractivity contribution in [1.29, 1.82) is 0 Å². The minimum absolute atomic E-state index is 0.101. The van der Waals surface area contributed by atoms with Crippen LogP contribution in [0.5, 0.6) is 0 Å². The number of anilines is 1. The summed E-state index contributed by atoms with van der Waals surface area (Å²) in [5.41, 5.74) is 2.14. The second kappa shape index (κ2) is 7.38. The lowest BCUT2D eigenvalue weighted by Crippen LogP contribution is -2.38. The van der Waals surface area contributed by atoms with E-state index < -0.39 is 14.8 Å². The van der Waals surface area contributed by atoms with Crippen molar-refractivity contribution < 1.29 is 13.2 Å². The van der Waals surface area contributed by atoms with Gasteiger partial charge in [-0.1, -0.05) is 46.3 Å². The summed E-state index contributed by atoms with van der Waals surface area (Å²) >= 11 is 3.40. The van der Waals surface area contributed by atoms with Gasteiger partial charge in [0.05, 0.1) is 16.0 Å². The summed E-state index contributed by atoms with van der Waals surface area (Å²) in [5.74, 6) is 0.222. The molecule has 3 fully saturated rings. The third-order valence-corrected chi connectivity index (χ3v) is 9.06. The van der Waals surface area contributed by atoms with Gasteiger partial charge in [0, 0.05) is 10.5 Å². The number of carbonyl (C=O) groups excluding carboxylic acids is 1. The fourth-order valence-electron chi connectivity index (χ4n) is 4.63. The Morgan fingerprint density at radius 1 is 1.07 bits per heavy atom. The van der Waals surface area contributed by atoms with E-state index in [-0.39, 0.29) is 17.4 Å². The molecule has 0 spiro atoms. The van der Waals surface area contributed by atoms with E-state index in [1.807, 2.05) is 6.07 Å². The lowest BCUT2D eigenvalue weighted by atomic mass is 9.65. The second-order valence-corrected chi connectivity index (χ2v) is 12.9. The maximum absolute atomic E-state index is 13.1. The zero-order valence-corrected chi connectivity index (χ0v) is 19.8. The van der Waals surface area contributed by atoms with Gasteiger partial charge in [-0.3, -0.25) is 9.52 Å². The molecular weight excluding hydrogens is 464 g/mol. The Morgan fingerprint density at radius 3 is 2.37 bits per heavy atom. The van der Waals surface area contributed by atoms with Gasteiger partial charge < -0.3 is 5.32 Å². The first kappa shape index (κ1) is 21.4. The third-order valence-electron chi connectivity index (χ3n) is 6.46. The lowest BCUT2D eigenvalue weighted by Gasteiger charge is -2.39. The maximum Gasteiger partial charge on any atom is 0.253 e. The molecule has 1 atom stereocenters. The van der Waals surface area contributed by atoms with E-state index >= 15 is 0 Å². The highest BCUT2D eigenvalue weighted by molar-refractivity contribution is 9.10. The van der Waals surface area contributed by atoms with E-state index in [4.69, 9.17) is 0 Å². The molecule has 0 aromatic heterocycles. The average Bonchev–Trinajstić information content (AvgIpc) is 3.18. The van der Waals surface area contributed by atoms with Gasteiger partial charge in [-0.15, -0.1) is 0 Å². The van der Waals surface area contributed by atoms with Crippen molar-refractivity contribution in [2.45, 2.75) is 56.2 Å². The number of hydrogen-bond donors (Lipinski definition) is 2. The predicted molar refractivity (Wildman–Crippen MR) is 123 cm³/mol. The Kier molecular flexibility index (Phi) is 5.26. The molecule has 0 saturated heterocycles. The van der Waals surface area contributed by atoms with Gasteiger partial charge in [-0.05, 0) is 75.1 Å². The summed E-state index contributed by atoms with van der Waals surface area (Å²) < 4.78 is 27.6. The highest BCUT2D eigenvalue weighted by Gasteiger charge is 2.57. The highest BCUT2D eigenvalue weighted by atomic mass is 79.9. The molecule has 2 N–H and O–H groups in total. The van der Waals surface area contributed by atoms with Crippen molar-refractivity contribution in [3.63, 3.8) is 0 Å². The minimum Gasteiger partial charge on any atom is -0.349 e. The molecule has 2 aromatic rings. The molecule has 3 saturated carbocycles. The van der Waals surface area contributed by atoms with Crippen LogP contribution in [0.4, 0.5) is 5.69 Å². The van der Waals surface area contributed by atoms with E-state index in [0.29, 0.717) is 17.2 Å². The van der Waals surface area contributed by atoms with Gasteiger partial charge >= 0.3 is 0 Å². The first-order chi connectivity index (χ1) is 14.0. The molecule has 3 aliphatic carbocycles. The second-order valence-electron chi connectivity index (χ2n) is 9.51. The molecule has 0 aliphatic heterocycles. The van der Waals surface area contributed by atoms with Crippen LogP contribution in [0.25, 0.3) is 0 Å². The van der Waals surface area contributed by atoms with E-state index in [9.17, 15) is 13.2 Å². The predicted octanol–water partition coefficient (Wildman–Crippen LogP) is 4.84. The Hall–Kier alpha value is -1.86. The number of halogens is 1. The molecule has 7 heteroatoms. The molecule has 2 bridgehead atoms. The zero-order chi connectivity index (χ0) is 21.7. The average molecular weight is 491 g/mol. The number of nitrogens with one attached hydrogen (secondary N) is 2. The van der Waals surface area contributed by atoms with Crippen LogP contribution in [0, 0.1) is 5.92 Å². The number of benzene rings is 2. The van der Waals surface area contributed by atoms with Gasteiger partial charge in [-0.2, -0.15) is 0 Å². The van der Waals surface area contributed by atoms with E-state index in [0.717, 1.165) is 23.7 Å². The van der Waals surface area contributed by atoms with Crippen molar-refractivity contribution in [3.05, 3.63) is 64.1 Å². The Labute approximate surface area is 186 Å². The first-order valence-corrected chi connectivity index (χ1v) is 12.5. The van der Waals surface area contributed by atoms with Crippen LogP contribution in [0.3, 0.4) is 0 Å². The summed E-state index contributed by atoms with van der Waals surface area (Å²) in [6, 6.07) is 15.6. The van der Waals surface area contributed by atoms with Crippen LogP contribution in [0.1, 0.15) is 56.0 Å². The van der Waals surface area contributed by atoms with Crippen LogP contribution in [0.2, 0.25) is 0 Å². The van der Waals surface area contributed by atoms with E-state index in [2.05, 4.69) is 50.2 Å².